The van der Waals surface area contributed by atoms with Gasteiger partial charge in [0.05, 0.1) is 26.4 Å². The van der Waals surface area contributed by atoms with Crippen LogP contribution in [0, 0.1) is 23.7 Å². The zero-order chi connectivity index (χ0) is 73.1. The van der Waals surface area contributed by atoms with Crippen LogP contribution in [-0.2, 0) is 65.4 Å². The first-order valence-corrected chi connectivity index (χ1v) is 44.3. The number of phosphoric acid groups is 2. The summed E-state index contributed by atoms with van der Waals surface area (Å²) in [5.74, 6) is 0.955. The Kier molecular flexibility index (Phi) is 67.8. The molecule has 0 amide bonds. The zero-order valence-electron chi connectivity index (χ0n) is 65.1. The molecule has 0 saturated heterocycles. The van der Waals surface area contributed by atoms with Crippen LogP contribution >= 0.6 is 15.6 Å². The molecule has 0 aromatic heterocycles. The van der Waals surface area contributed by atoms with Crippen molar-refractivity contribution in [2.24, 2.45) is 23.7 Å². The van der Waals surface area contributed by atoms with Gasteiger partial charge in [-0.1, -0.05) is 357 Å². The Morgan fingerprint density at radius 2 is 0.485 bits per heavy atom. The first-order chi connectivity index (χ1) is 47.7. The number of aliphatic hydroxyl groups is 1. The molecule has 0 bridgehead atoms. The smallest absolute Gasteiger partial charge is 0.462 e. The number of carbonyl (C=O) groups excluding carboxylic acids is 4. The third-order valence-electron chi connectivity index (χ3n) is 19.3. The average Bonchev–Trinajstić information content (AvgIpc) is 0.940. The third kappa shape index (κ3) is 71.5. The highest BCUT2D eigenvalue weighted by Gasteiger charge is 2.30. The van der Waals surface area contributed by atoms with Crippen LogP contribution < -0.4 is 0 Å². The van der Waals surface area contributed by atoms with E-state index in [0.29, 0.717) is 31.6 Å². The van der Waals surface area contributed by atoms with E-state index in [1.807, 2.05) is 0 Å². The minimum absolute atomic E-state index is 0.102. The molecule has 588 valence electrons. The van der Waals surface area contributed by atoms with Crippen LogP contribution in [0.25, 0.3) is 0 Å². The predicted molar refractivity (Wildman–Crippen MR) is 404 cm³/mol. The van der Waals surface area contributed by atoms with Gasteiger partial charge in [-0.2, -0.15) is 0 Å². The van der Waals surface area contributed by atoms with Crippen LogP contribution in [0.2, 0.25) is 0 Å². The van der Waals surface area contributed by atoms with E-state index in [1.165, 1.54) is 205 Å². The van der Waals surface area contributed by atoms with Gasteiger partial charge in [0.25, 0.3) is 0 Å². The number of phosphoric ester groups is 2. The van der Waals surface area contributed by atoms with Crippen molar-refractivity contribution in [1.29, 1.82) is 0 Å². The average molecular weight is 1450 g/mol. The van der Waals surface area contributed by atoms with Gasteiger partial charge in [0.1, 0.15) is 19.3 Å². The summed E-state index contributed by atoms with van der Waals surface area (Å²) in [5, 5.41) is 10.6. The topological polar surface area (TPSA) is 237 Å². The Morgan fingerprint density at radius 1 is 0.283 bits per heavy atom. The van der Waals surface area contributed by atoms with E-state index in [9.17, 15) is 43.2 Å². The highest BCUT2D eigenvalue weighted by Crippen LogP contribution is 2.45. The van der Waals surface area contributed by atoms with Crippen molar-refractivity contribution < 1.29 is 80.2 Å². The van der Waals surface area contributed by atoms with E-state index in [-0.39, 0.29) is 25.7 Å². The minimum atomic E-state index is -4.96. The highest BCUT2D eigenvalue weighted by molar-refractivity contribution is 7.47. The van der Waals surface area contributed by atoms with E-state index in [2.05, 4.69) is 55.4 Å². The summed E-state index contributed by atoms with van der Waals surface area (Å²) in [5.41, 5.74) is 0. The first kappa shape index (κ1) is 97.1. The van der Waals surface area contributed by atoms with E-state index < -0.39 is 97.5 Å². The number of unbranched alkanes of at least 4 members (excludes halogenated alkanes) is 41. The van der Waals surface area contributed by atoms with Crippen LogP contribution in [0.4, 0.5) is 0 Å². The van der Waals surface area contributed by atoms with Crippen LogP contribution in [0.15, 0.2) is 0 Å². The van der Waals surface area contributed by atoms with Crippen LogP contribution in [-0.4, -0.2) is 96.7 Å². The Morgan fingerprint density at radius 3 is 0.717 bits per heavy atom. The first-order valence-electron chi connectivity index (χ1n) is 41.3. The predicted octanol–water partition coefficient (Wildman–Crippen LogP) is 23.6. The van der Waals surface area contributed by atoms with Crippen molar-refractivity contribution in [2.45, 2.75) is 427 Å². The summed E-state index contributed by atoms with van der Waals surface area (Å²) in [6, 6.07) is 0. The summed E-state index contributed by atoms with van der Waals surface area (Å²) in [6.07, 6.45) is 55.9. The number of rotatable bonds is 77. The Bertz CT molecular complexity index is 1940. The standard InChI is InChI=1S/C80H156O17P2/c1-9-72(7)58-50-42-33-29-25-21-17-13-11-12-14-18-23-27-31-35-46-54-62-79(84)96-75(66-90-77(82)60-52-44-34-30-26-22-19-15-16-20-24-28-32-40-48-56-70(3)4)68-94-98(86,87)92-64-74(81)65-93-99(88,89)95-69-76(67-91-78(83)61-53-45-38-36-41-49-57-71(5)6)97-80(85)63-55-47-39-37-43-51-59-73(8)10-2/h70-76,81H,9-69H2,1-8H3,(H,86,87)(H,88,89)/t72?,73?,74-,75-,76-/m1/s1. The molecule has 99 heavy (non-hydrogen) atoms. The van der Waals surface area contributed by atoms with Crippen LogP contribution in [0.1, 0.15) is 409 Å². The van der Waals surface area contributed by atoms with E-state index in [4.69, 9.17) is 37.0 Å². The number of ether oxygens (including phenoxy) is 4. The molecule has 0 saturated carbocycles. The van der Waals surface area contributed by atoms with Gasteiger partial charge in [0, 0.05) is 25.7 Å². The number of aliphatic hydroxyl groups excluding tert-OH is 1. The molecule has 3 N–H and O–H groups in total. The Labute approximate surface area is 607 Å². The molecular weight excluding hydrogens is 1290 g/mol. The Balaban J connectivity index is 5.18. The molecule has 19 heteroatoms. The fourth-order valence-corrected chi connectivity index (χ4v) is 13.8. The third-order valence-corrected chi connectivity index (χ3v) is 21.2. The van der Waals surface area contributed by atoms with Crippen molar-refractivity contribution in [3.05, 3.63) is 0 Å². The quantitative estimate of drug-likeness (QED) is 0.0222. The fraction of sp³-hybridized carbons (Fsp3) is 0.950. The van der Waals surface area contributed by atoms with Gasteiger partial charge in [0.2, 0.25) is 0 Å². The molecule has 0 aromatic rings. The second kappa shape index (κ2) is 69.1. The molecule has 0 fully saturated rings. The zero-order valence-corrected chi connectivity index (χ0v) is 66.9. The van der Waals surface area contributed by atoms with Gasteiger partial charge in [0.15, 0.2) is 12.2 Å². The summed E-state index contributed by atoms with van der Waals surface area (Å²) in [4.78, 5) is 72.8. The minimum Gasteiger partial charge on any atom is -0.462 e. The second-order valence-corrected chi connectivity index (χ2v) is 33.1. The SMILES string of the molecule is CCC(C)CCCCCCCCCCCCCCCCCCCCC(=O)O[C@H](COC(=O)CCCCCCCCCCCCCCCCCC(C)C)COP(=O)(O)OC[C@@H](O)COP(=O)(O)OC[C@@H](COC(=O)CCCCCCCCC(C)C)OC(=O)CCCCCCCCC(C)CC. The van der Waals surface area contributed by atoms with Crippen molar-refractivity contribution in [1.82, 2.24) is 0 Å². The van der Waals surface area contributed by atoms with Gasteiger partial charge < -0.3 is 33.8 Å². The van der Waals surface area contributed by atoms with Crippen molar-refractivity contribution in [3.63, 3.8) is 0 Å². The molecule has 0 aliphatic carbocycles. The molecule has 0 aliphatic rings. The number of carbonyl (C=O) groups is 4. The maximum absolute atomic E-state index is 13.1. The maximum Gasteiger partial charge on any atom is 0.472 e. The lowest BCUT2D eigenvalue weighted by Crippen LogP contribution is -2.30. The Hall–Kier alpha value is -1.94. The molecule has 0 heterocycles. The molecule has 0 aromatic carbocycles. The van der Waals surface area contributed by atoms with Gasteiger partial charge in [-0.3, -0.25) is 37.3 Å². The van der Waals surface area contributed by atoms with Crippen molar-refractivity contribution in [3.8, 4) is 0 Å². The molecule has 0 aliphatic heterocycles. The molecule has 4 unspecified atom stereocenters. The lowest BCUT2D eigenvalue weighted by atomic mass is 9.99. The largest absolute Gasteiger partial charge is 0.472 e. The normalized spacial score (nSPS) is 14.6. The van der Waals surface area contributed by atoms with Gasteiger partial charge in [-0.15, -0.1) is 0 Å². The highest BCUT2D eigenvalue weighted by atomic mass is 31.2. The lowest BCUT2D eigenvalue weighted by Gasteiger charge is -2.21. The van der Waals surface area contributed by atoms with Gasteiger partial charge in [-0.05, 0) is 49.4 Å². The molecule has 7 atom stereocenters. The van der Waals surface area contributed by atoms with E-state index >= 15 is 0 Å². The van der Waals surface area contributed by atoms with Gasteiger partial charge in [-0.25, -0.2) is 9.13 Å². The van der Waals surface area contributed by atoms with E-state index in [0.717, 1.165) is 114 Å². The van der Waals surface area contributed by atoms with Crippen molar-refractivity contribution >= 4 is 39.5 Å². The fourth-order valence-electron chi connectivity index (χ4n) is 12.2. The van der Waals surface area contributed by atoms with Crippen LogP contribution in [0.5, 0.6) is 0 Å². The molecule has 0 rings (SSSR count). The van der Waals surface area contributed by atoms with Crippen molar-refractivity contribution in [2.75, 3.05) is 39.6 Å². The second-order valence-electron chi connectivity index (χ2n) is 30.2. The number of hydrogen-bond donors (Lipinski definition) is 3. The molecular formula is C80H156O17P2. The summed E-state index contributed by atoms with van der Waals surface area (Å²) in [7, 11) is -9.92. The molecule has 0 radical (unpaired) electrons. The molecule has 0 spiro atoms. The summed E-state index contributed by atoms with van der Waals surface area (Å²) < 4.78 is 68.6. The maximum atomic E-state index is 13.1. The lowest BCUT2D eigenvalue weighted by molar-refractivity contribution is -0.161. The number of hydrogen-bond acceptors (Lipinski definition) is 15. The van der Waals surface area contributed by atoms with E-state index in [1.54, 1.807) is 0 Å². The van der Waals surface area contributed by atoms with Gasteiger partial charge >= 0.3 is 39.5 Å². The molecule has 17 nitrogen and oxygen atoms in total. The number of esters is 4. The summed E-state index contributed by atoms with van der Waals surface area (Å²) >= 11 is 0. The monoisotopic (exact) mass is 1450 g/mol. The van der Waals surface area contributed by atoms with Crippen LogP contribution in [0.3, 0.4) is 0 Å². The summed E-state index contributed by atoms with van der Waals surface area (Å²) in [6.45, 7) is 14.2.